The Hall–Kier alpha value is -3.14. The van der Waals surface area contributed by atoms with Crippen molar-refractivity contribution < 1.29 is 23.8 Å². The van der Waals surface area contributed by atoms with E-state index in [-0.39, 0.29) is 37.0 Å². The molecule has 2 heterocycles. The fraction of sp³-hybridized carbons (Fsp3) is 0.565. The minimum absolute atomic E-state index is 0.00391. The quantitative estimate of drug-likeness (QED) is 0.591. The lowest BCUT2D eigenvalue weighted by atomic mass is 10.2. The summed E-state index contributed by atoms with van der Waals surface area (Å²) < 4.78 is 18.4. The van der Waals surface area contributed by atoms with Crippen molar-refractivity contribution in [3.05, 3.63) is 35.4 Å². The number of methoxy groups -OCH3 is 2. The van der Waals surface area contributed by atoms with Gasteiger partial charge in [-0.3, -0.25) is 9.59 Å². The highest BCUT2D eigenvalue weighted by Crippen LogP contribution is 2.23. The fourth-order valence-electron chi connectivity index (χ4n) is 3.84. The van der Waals surface area contributed by atoms with Crippen LogP contribution in [-0.4, -0.2) is 82.4 Å². The number of rotatable bonds is 8. The first-order valence-corrected chi connectivity index (χ1v) is 11.0. The zero-order valence-corrected chi connectivity index (χ0v) is 20.2. The fourth-order valence-corrected chi connectivity index (χ4v) is 3.84. The molecule has 33 heavy (non-hydrogen) atoms. The molecule has 10 heteroatoms. The number of hydrogen-bond acceptors (Lipinski definition) is 7. The van der Waals surface area contributed by atoms with E-state index in [9.17, 15) is 9.59 Å². The third kappa shape index (κ3) is 6.22. The number of hydrogen-bond donors (Lipinski definition) is 0. The van der Waals surface area contributed by atoms with Gasteiger partial charge in [-0.1, -0.05) is 0 Å². The molecule has 0 radical (unpaired) electrons. The molecule has 0 saturated carbocycles. The minimum atomic E-state index is -0.349. The first kappa shape index (κ1) is 24.5. The first-order chi connectivity index (χ1) is 15.7. The van der Waals surface area contributed by atoms with Gasteiger partial charge in [-0.15, -0.1) is 0 Å². The van der Waals surface area contributed by atoms with Crippen LogP contribution in [-0.2, 0) is 27.5 Å². The zero-order valence-electron chi connectivity index (χ0n) is 20.2. The third-order valence-electron chi connectivity index (χ3n) is 5.59. The molecule has 2 aromatic rings. The summed E-state index contributed by atoms with van der Waals surface area (Å²) in [5, 5.41) is 4.27. The standard InChI is InChI=1S/C23H33N5O5/c1-15(2)27-11-21(33-14-18-7-19(31-5)9-20(8-18)32-6)10-26(12-23(27)30)22(29)13-28-17(4)24-16(3)25-28/h7-9,15,21H,10-14H2,1-6H3. The van der Waals surface area contributed by atoms with Gasteiger partial charge in [0.2, 0.25) is 11.8 Å². The summed E-state index contributed by atoms with van der Waals surface area (Å²) >= 11 is 0. The van der Waals surface area contributed by atoms with E-state index >= 15 is 0 Å². The molecule has 0 aliphatic carbocycles. The van der Waals surface area contributed by atoms with Crippen molar-refractivity contribution in [3.63, 3.8) is 0 Å². The van der Waals surface area contributed by atoms with Crippen LogP contribution in [0.2, 0.25) is 0 Å². The molecular weight excluding hydrogens is 426 g/mol. The molecule has 0 spiro atoms. The SMILES string of the molecule is COc1cc(COC2CN(C(=O)Cn3nc(C)nc3C)CC(=O)N(C(C)C)C2)cc(OC)c1. The summed E-state index contributed by atoms with van der Waals surface area (Å²) in [6.07, 6.45) is -0.349. The molecule has 180 valence electrons. The molecule has 3 rings (SSSR count). The zero-order chi connectivity index (χ0) is 24.1. The first-order valence-electron chi connectivity index (χ1n) is 11.0. The Balaban J connectivity index is 1.75. The lowest BCUT2D eigenvalue weighted by Crippen LogP contribution is -2.43. The van der Waals surface area contributed by atoms with Gasteiger partial charge in [0.25, 0.3) is 0 Å². The van der Waals surface area contributed by atoms with Gasteiger partial charge in [0.05, 0.1) is 33.5 Å². The highest BCUT2D eigenvalue weighted by molar-refractivity contribution is 5.85. The molecule has 1 saturated heterocycles. The van der Waals surface area contributed by atoms with Crippen LogP contribution in [0.15, 0.2) is 18.2 Å². The van der Waals surface area contributed by atoms with Gasteiger partial charge in [-0.25, -0.2) is 9.67 Å². The van der Waals surface area contributed by atoms with Crippen molar-refractivity contribution in [2.75, 3.05) is 33.9 Å². The summed E-state index contributed by atoms with van der Waals surface area (Å²) in [6, 6.07) is 5.55. The Labute approximate surface area is 194 Å². The normalized spacial score (nSPS) is 16.8. The van der Waals surface area contributed by atoms with Gasteiger partial charge >= 0.3 is 0 Å². The molecule has 1 aliphatic heterocycles. The average molecular weight is 460 g/mol. The smallest absolute Gasteiger partial charge is 0.244 e. The lowest BCUT2D eigenvalue weighted by molar-refractivity contribution is -0.140. The van der Waals surface area contributed by atoms with Crippen molar-refractivity contribution >= 4 is 11.8 Å². The lowest BCUT2D eigenvalue weighted by Gasteiger charge is -2.27. The van der Waals surface area contributed by atoms with E-state index in [0.29, 0.717) is 42.8 Å². The largest absolute Gasteiger partial charge is 0.497 e. The number of benzene rings is 1. The maximum absolute atomic E-state index is 13.1. The maximum Gasteiger partial charge on any atom is 0.244 e. The predicted molar refractivity (Wildman–Crippen MR) is 121 cm³/mol. The van der Waals surface area contributed by atoms with E-state index in [2.05, 4.69) is 10.1 Å². The molecule has 1 aliphatic rings. The number of aromatic nitrogens is 3. The summed E-state index contributed by atoms with van der Waals surface area (Å²) in [5.74, 6) is 2.31. The molecule has 1 unspecified atom stereocenters. The van der Waals surface area contributed by atoms with Crippen LogP contribution in [0.5, 0.6) is 11.5 Å². The topological polar surface area (TPSA) is 99.0 Å². The van der Waals surface area contributed by atoms with E-state index in [1.807, 2.05) is 26.0 Å². The van der Waals surface area contributed by atoms with E-state index in [1.54, 1.807) is 48.6 Å². The maximum atomic E-state index is 13.1. The van der Waals surface area contributed by atoms with Gasteiger partial charge in [0.15, 0.2) is 0 Å². The predicted octanol–water partition coefficient (Wildman–Crippen LogP) is 1.58. The number of nitrogens with zero attached hydrogens (tertiary/aromatic N) is 5. The Morgan fingerprint density at radius 1 is 1.12 bits per heavy atom. The molecule has 1 aromatic heterocycles. The molecule has 0 bridgehead atoms. The third-order valence-corrected chi connectivity index (χ3v) is 5.59. The summed E-state index contributed by atoms with van der Waals surface area (Å²) in [7, 11) is 3.19. The monoisotopic (exact) mass is 459 g/mol. The second-order valence-electron chi connectivity index (χ2n) is 8.43. The highest BCUT2D eigenvalue weighted by atomic mass is 16.5. The Morgan fingerprint density at radius 3 is 2.33 bits per heavy atom. The van der Waals surface area contributed by atoms with Crippen LogP contribution in [0.3, 0.4) is 0 Å². The van der Waals surface area contributed by atoms with Gasteiger partial charge < -0.3 is 24.0 Å². The molecule has 1 aromatic carbocycles. The molecule has 0 N–H and O–H groups in total. The van der Waals surface area contributed by atoms with Crippen molar-refractivity contribution in [2.45, 2.75) is 53.0 Å². The van der Waals surface area contributed by atoms with Crippen molar-refractivity contribution in [1.82, 2.24) is 24.6 Å². The Kier molecular flexibility index (Phi) is 7.91. The second kappa shape index (κ2) is 10.7. The summed E-state index contributed by atoms with van der Waals surface area (Å²) in [6.45, 7) is 8.54. The Morgan fingerprint density at radius 2 is 1.79 bits per heavy atom. The Bertz CT molecular complexity index is 967. The van der Waals surface area contributed by atoms with Crippen LogP contribution in [0.4, 0.5) is 0 Å². The molecule has 2 amide bonds. The average Bonchev–Trinajstić information content (AvgIpc) is 2.99. The number of aryl methyl sites for hydroxylation is 2. The molecule has 10 nitrogen and oxygen atoms in total. The van der Waals surface area contributed by atoms with Crippen molar-refractivity contribution in [1.29, 1.82) is 0 Å². The van der Waals surface area contributed by atoms with Crippen LogP contribution >= 0.6 is 0 Å². The highest BCUT2D eigenvalue weighted by Gasteiger charge is 2.32. The summed E-state index contributed by atoms with van der Waals surface area (Å²) in [5.41, 5.74) is 0.879. The van der Waals surface area contributed by atoms with Gasteiger partial charge in [-0.05, 0) is 45.4 Å². The number of carbonyl (C=O) groups excluding carboxylic acids is 2. The van der Waals surface area contributed by atoms with Crippen LogP contribution in [0.1, 0.15) is 31.1 Å². The van der Waals surface area contributed by atoms with Crippen molar-refractivity contribution in [2.24, 2.45) is 0 Å². The van der Waals surface area contributed by atoms with E-state index in [0.717, 1.165) is 5.56 Å². The van der Waals surface area contributed by atoms with Crippen LogP contribution < -0.4 is 9.47 Å². The van der Waals surface area contributed by atoms with Gasteiger partial charge in [-0.2, -0.15) is 5.10 Å². The second-order valence-corrected chi connectivity index (χ2v) is 8.43. The number of amides is 2. The minimum Gasteiger partial charge on any atom is -0.497 e. The van der Waals surface area contributed by atoms with Gasteiger partial charge in [0, 0.05) is 25.2 Å². The van der Waals surface area contributed by atoms with Crippen LogP contribution in [0.25, 0.3) is 0 Å². The van der Waals surface area contributed by atoms with E-state index in [4.69, 9.17) is 14.2 Å². The summed E-state index contributed by atoms with van der Waals surface area (Å²) in [4.78, 5) is 33.5. The van der Waals surface area contributed by atoms with E-state index in [1.165, 1.54) is 0 Å². The molecule has 1 fully saturated rings. The van der Waals surface area contributed by atoms with Crippen LogP contribution in [0, 0.1) is 13.8 Å². The van der Waals surface area contributed by atoms with Crippen molar-refractivity contribution in [3.8, 4) is 11.5 Å². The molecule has 1 atom stereocenters. The number of ether oxygens (including phenoxy) is 3. The molecular formula is C23H33N5O5. The number of carbonyl (C=O) groups is 2. The van der Waals surface area contributed by atoms with Gasteiger partial charge in [0.1, 0.15) is 29.7 Å². The van der Waals surface area contributed by atoms with E-state index < -0.39 is 0 Å².